The SMILES string of the molecule is CC1(c2cncc(F)c2)CN=C(N)N1. The number of nitrogens with zero attached hydrogens (tertiary/aromatic N) is 2. The van der Waals surface area contributed by atoms with E-state index < -0.39 is 5.54 Å². The standard InChI is InChI=1S/C9H11FN4/c1-9(5-13-8(11)14-9)6-2-7(10)4-12-3-6/h2-4H,5H2,1H3,(H3,11,13,14). The van der Waals surface area contributed by atoms with Crippen LogP contribution in [0.25, 0.3) is 0 Å². The summed E-state index contributed by atoms with van der Waals surface area (Å²) in [6, 6.07) is 1.44. The van der Waals surface area contributed by atoms with Gasteiger partial charge in [-0.2, -0.15) is 0 Å². The third-order valence-corrected chi connectivity index (χ3v) is 2.31. The minimum Gasteiger partial charge on any atom is -0.370 e. The molecule has 1 aromatic rings. The van der Waals surface area contributed by atoms with E-state index in [0.29, 0.717) is 12.5 Å². The smallest absolute Gasteiger partial charge is 0.189 e. The van der Waals surface area contributed by atoms with Crippen LogP contribution in [-0.2, 0) is 5.54 Å². The first-order valence-corrected chi connectivity index (χ1v) is 4.29. The van der Waals surface area contributed by atoms with Crippen LogP contribution in [0.3, 0.4) is 0 Å². The zero-order chi connectivity index (χ0) is 10.2. The maximum absolute atomic E-state index is 12.9. The van der Waals surface area contributed by atoms with Gasteiger partial charge in [0.25, 0.3) is 0 Å². The minimum absolute atomic E-state index is 0.351. The molecule has 1 aromatic heterocycles. The number of rotatable bonds is 1. The molecule has 4 nitrogen and oxygen atoms in total. The van der Waals surface area contributed by atoms with Gasteiger partial charge in [-0.15, -0.1) is 0 Å². The van der Waals surface area contributed by atoms with Crippen molar-refractivity contribution in [2.24, 2.45) is 10.7 Å². The van der Waals surface area contributed by atoms with Gasteiger partial charge in [-0.05, 0) is 13.0 Å². The van der Waals surface area contributed by atoms with Gasteiger partial charge in [0.2, 0.25) is 0 Å². The molecule has 5 heteroatoms. The Hall–Kier alpha value is -1.65. The Morgan fingerprint density at radius 1 is 1.57 bits per heavy atom. The lowest BCUT2D eigenvalue weighted by molar-refractivity contribution is 0.472. The largest absolute Gasteiger partial charge is 0.370 e. The summed E-state index contributed by atoms with van der Waals surface area (Å²) in [5.74, 6) is 0.0350. The van der Waals surface area contributed by atoms with Crippen molar-refractivity contribution >= 4 is 5.96 Å². The average molecular weight is 194 g/mol. The maximum atomic E-state index is 12.9. The van der Waals surface area contributed by atoms with Gasteiger partial charge in [0.05, 0.1) is 18.3 Å². The van der Waals surface area contributed by atoms with Gasteiger partial charge in [-0.1, -0.05) is 0 Å². The minimum atomic E-state index is -0.431. The second-order valence-corrected chi connectivity index (χ2v) is 3.55. The molecule has 2 heterocycles. The first-order chi connectivity index (χ1) is 6.60. The highest BCUT2D eigenvalue weighted by Crippen LogP contribution is 2.23. The van der Waals surface area contributed by atoms with Crippen LogP contribution >= 0.6 is 0 Å². The molecule has 0 spiro atoms. The van der Waals surface area contributed by atoms with Gasteiger partial charge in [-0.3, -0.25) is 9.98 Å². The molecule has 1 aliphatic heterocycles. The number of nitrogens with one attached hydrogen (secondary N) is 1. The summed E-state index contributed by atoms with van der Waals surface area (Å²) >= 11 is 0. The van der Waals surface area contributed by atoms with E-state index >= 15 is 0 Å². The summed E-state index contributed by atoms with van der Waals surface area (Å²) in [5, 5.41) is 2.99. The molecular formula is C9H11FN4. The van der Waals surface area contributed by atoms with E-state index in [-0.39, 0.29) is 5.82 Å². The van der Waals surface area contributed by atoms with Crippen molar-refractivity contribution in [1.82, 2.24) is 10.3 Å². The normalized spacial score (nSPS) is 25.7. The van der Waals surface area contributed by atoms with Gasteiger partial charge in [0, 0.05) is 11.8 Å². The van der Waals surface area contributed by atoms with Crippen LogP contribution in [-0.4, -0.2) is 17.5 Å². The molecule has 3 N–H and O–H groups in total. The summed E-state index contributed by atoms with van der Waals surface area (Å²) in [5.41, 5.74) is 5.83. The molecule has 1 unspecified atom stereocenters. The molecule has 14 heavy (non-hydrogen) atoms. The highest BCUT2D eigenvalue weighted by atomic mass is 19.1. The van der Waals surface area contributed by atoms with E-state index in [9.17, 15) is 4.39 Å². The van der Waals surface area contributed by atoms with E-state index in [0.717, 1.165) is 5.56 Å². The average Bonchev–Trinajstić information content (AvgIpc) is 2.48. The molecule has 0 amide bonds. The Bertz CT molecular complexity index is 390. The predicted molar refractivity (Wildman–Crippen MR) is 51.2 cm³/mol. The highest BCUT2D eigenvalue weighted by molar-refractivity contribution is 5.80. The van der Waals surface area contributed by atoms with Crippen LogP contribution < -0.4 is 11.1 Å². The number of nitrogens with two attached hydrogens (primary N) is 1. The number of hydrogen-bond acceptors (Lipinski definition) is 4. The van der Waals surface area contributed by atoms with Crippen molar-refractivity contribution in [3.05, 3.63) is 29.8 Å². The third kappa shape index (κ3) is 1.41. The molecule has 74 valence electrons. The van der Waals surface area contributed by atoms with Crippen LogP contribution in [0.5, 0.6) is 0 Å². The molecule has 0 bridgehead atoms. The summed E-state index contributed by atoms with van der Waals surface area (Å²) in [6.45, 7) is 2.41. The molecule has 1 atom stereocenters. The zero-order valence-electron chi connectivity index (χ0n) is 7.79. The van der Waals surface area contributed by atoms with Crippen molar-refractivity contribution < 1.29 is 4.39 Å². The molecule has 2 rings (SSSR count). The fourth-order valence-corrected chi connectivity index (χ4v) is 1.48. The Labute approximate surface area is 81.1 Å². The van der Waals surface area contributed by atoms with E-state index in [1.54, 1.807) is 6.20 Å². The Morgan fingerprint density at radius 3 is 2.93 bits per heavy atom. The van der Waals surface area contributed by atoms with Gasteiger partial charge in [0.1, 0.15) is 5.82 Å². The van der Waals surface area contributed by atoms with Gasteiger partial charge < -0.3 is 11.1 Å². The van der Waals surface area contributed by atoms with Crippen LogP contribution in [0.4, 0.5) is 4.39 Å². The number of aromatic nitrogens is 1. The molecule has 0 saturated carbocycles. The van der Waals surface area contributed by atoms with Crippen LogP contribution in [0.2, 0.25) is 0 Å². The number of guanidine groups is 1. The molecule has 1 aliphatic rings. The van der Waals surface area contributed by atoms with Crippen LogP contribution in [0.1, 0.15) is 12.5 Å². The molecule has 0 radical (unpaired) electrons. The van der Waals surface area contributed by atoms with Gasteiger partial charge >= 0.3 is 0 Å². The lowest BCUT2D eigenvalue weighted by Gasteiger charge is -2.24. The lowest BCUT2D eigenvalue weighted by Crippen LogP contribution is -2.43. The van der Waals surface area contributed by atoms with Crippen molar-refractivity contribution in [2.75, 3.05) is 6.54 Å². The first kappa shape index (κ1) is 8.93. The number of halogens is 1. The first-order valence-electron chi connectivity index (χ1n) is 4.29. The monoisotopic (exact) mass is 194 g/mol. The number of aliphatic imine (C=N–C) groups is 1. The van der Waals surface area contributed by atoms with Crippen molar-refractivity contribution in [1.29, 1.82) is 0 Å². The Balaban J connectivity index is 2.32. The number of pyridine rings is 1. The van der Waals surface area contributed by atoms with Crippen LogP contribution in [0, 0.1) is 5.82 Å². The molecule has 0 saturated heterocycles. The summed E-state index contributed by atoms with van der Waals surface area (Å²) in [6.07, 6.45) is 2.79. The molecular weight excluding hydrogens is 183 g/mol. The third-order valence-electron chi connectivity index (χ3n) is 2.31. The maximum Gasteiger partial charge on any atom is 0.189 e. The second kappa shape index (κ2) is 2.94. The van der Waals surface area contributed by atoms with E-state index in [4.69, 9.17) is 5.73 Å². The predicted octanol–water partition coefficient (Wildman–Crippen LogP) is 0.354. The van der Waals surface area contributed by atoms with Crippen molar-refractivity contribution in [3.8, 4) is 0 Å². The van der Waals surface area contributed by atoms with E-state index in [1.165, 1.54) is 12.3 Å². The fraction of sp³-hybridized carbons (Fsp3) is 0.333. The van der Waals surface area contributed by atoms with Crippen LogP contribution in [0.15, 0.2) is 23.5 Å². The van der Waals surface area contributed by atoms with Gasteiger partial charge in [-0.25, -0.2) is 4.39 Å². The summed E-state index contributed by atoms with van der Waals surface area (Å²) in [7, 11) is 0. The van der Waals surface area contributed by atoms with Crippen molar-refractivity contribution in [3.63, 3.8) is 0 Å². The van der Waals surface area contributed by atoms with E-state index in [1.807, 2.05) is 6.92 Å². The quantitative estimate of drug-likeness (QED) is 0.678. The molecule has 0 fully saturated rings. The fourth-order valence-electron chi connectivity index (χ4n) is 1.48. The summed E-state index contributed by atoms with van der Waals surface area (Å²) < 4.78 is 12.9. The Kier molecular flexibility index (Phi) is 1.87. The Morgan fingerprint density at radius 2 is 2.36 bits per heavy atom. The topological polar surface area (TPSA) is 63.3 Å². The zero-order valence-corrected chi connectivity index (χ0v) is 7.79. The second-order valence-electron chi connectivity index (χ2n) is 3.55. The van der Waals surface area contributed by atoms with Gasteiger partial charge in [0.15, 0.2) is 5.96 Å². The molecule has 0 aromatic carbocycles. The van der Waals surface area contributed by atoms with Crippen molar-refractivity contribution in [2.45, 2.75) is 12.5 Å². The highest BCUT2D eigenvalue weighted by Gasteiger charge is 2.31. The van der Waals surface area contributed by atoms with E-state index in [2.05, 4.69) is 15.3 Å². The lowest BCUT2D eigenvalue weighted by atomic mass is 9.95. The summed E-state index contributed by atoms with van der Waals surface area (Å²) in [4.78, 5) is 7.82. The molecule has 0 aliphatic carbocycles. The number of hydrogen-bond donors (Lipinski definition) is 2.